The number of allylic oxidation sites excluding steroid dienone is 4. The Kier molecular flexibility index (Phi) is 9.20. The molecule has 0 unspecified atom stereocenters. The molecule has 6 rings (SSSR count). The summed E-state index contributed by atoms with van der Waals surface area (Å²) in [5.41, 5.74) is 24.9. The molecule has 0 saturated heterocycles. The van der Waals surface area contributed by atoms with E-state index in [1.54, 1.807) is 0 Å². The normalized spacial score (nSPS) is 13.4. The molecular formula is C42H53N5. The van der Waals surface area contributed by atoms with Crippen LogP contribution >= 0.6 is 0 Å². The van der Waals surface area contributed by atoms with Gasteiger partial charge in [-0.2, -0.15) is 0 Å². The Morgan fingerprint density at radius 3 is 1.49 bits per heavy atom. The Morgan fingerprint density at radius 1 is 0.426 bits per heavy atom. The molecule has 0 aromatic carbocycles. The van der Waals surface area contributed by atoms with Gasteiger partial charge in [0.2, 0.25) is 0 Å². The predicted octanol–water partition coefficient (Wildman–Crippen LogP) is 11.6. The number of aryl methyl sites for hydroxylation is 6. The fraction of sp³-hybridized carbons (Fsp3) is 0.429. The second kappa shape index (κ2) is 13.2. The van der Waals surface area contributed by atoms with Gasteiger partial charge in [-0.15, -0.1) is 0 Å². The Morgan fingerprint density at radius 2 is 0.915 bits per heavy atom. The number of hydrogen-bond donors (Lipinski definition) is 3. The quantitative estimate of drug-likeness (QED) is 0.182. The van der Waals surface area contributed by atoms with Crippen LogP contribution in [0.1, 0.15) is 138 Å². The first-order chi connectivity index (χ1) is 22.8. The largest absolute Gasteiger partial charge is 0.355 e. The van der Waals surface area contributed by atoms with E-state index in [0.29, 0.717) is 0 Å². The minimum atomic E-state index is 0.936. The summed E-state index contributed by atoms with van der Waals surface area (Å²) in [6, 6.07) is 9.25. The summed E-state index contributed by atoms with van der Waals surface area (Å²) < 4.78 is 0. The van der Waals surface area contributed by atoms with Crippen LogP contribution in [0.5, 0.6) is 0 Å². The molecule has 246 valence electrons. The minimum Gasteiger partial charge on any atom is -0.355 e. The van der Waals surface area contributed by atoms with Crippen molar-refractivity contribution in [3.05, 3.63) is 80.4 Å². The molecule has 5 heteroatoms. The van der Waals surface area contributed by atoms with Gasteiger partial charge in [0, 0.05) is 27.6 Å². The van der Waals surface area contributed by atoms with E-state index in [4.69, 9.17) is 9.97 Å². The van der Waals surface area contributed by atoms with E-state index in [1.807, 2.05) is 0 Å². The number of H-pyrrole nitrogens is 3. The summed E-state index contributed by atoms with van der Waals surface area (Å²) in [6.07, 6.45) is 7.66. The number of aromatic amines is 3. The average Bonchev–Trinajstić information content (AvgIpc) is 3.84. The van der Waals surface area contributed by atoms with Crippen molar-refractivity contribution in [1.29, 1.82) is 0 Å². The van der Waals surface area contributed by atoms with Crippen LogP contribution in [0.3, 0.4) is 0 Å². The van der Waals surface area contributed by atoms with Crippen molar-refractivity contribution in [2.24, 2.45) is 0 Å². The molecule has 5 nitrogen and oxygen atoms in total. The molecule has 0 radical (unpaired) electrons. The third kappa shape index (κ3) is 5.32. The van der Waals surface area contributed by atoms with Crippen LogP contribution < -0.4 is 0 Å². The molecule has 0 saturated carbocycles. The van der Waals surface area contributed by atoms with Gasteiger partial charge in [0.05, 0.1) is 28.3 Å². The molecule has 0 fully saturated rings. The van der Waals surface area contributed by atoms with Crippen LogP contribution in [0, 0.1) is 6.92 Å². The van der Waals surface area contributed by atoms with Crippen LogP contribution in [-0.2, 0) is 32.1 Å². The number of aromatic nitrogens is 5. The van der Waals surface area contributed by atoms with E-state index in [2.05, 4.69) is 108 Å². The number of hydrogen-bond acceptors (Lipinski definition) is 2. The lowest BCUT2D eigenvalue weighted by Crippen LogP contribution is -1.89. The number of nitrogens with one attached hydrogen (secondary N) is 3. The van der Waals surface area contributed by atoms with Gasteiger partial charge in [0.25, 0.3) is 0 Å². The lowest BCUT2D eigenvalue weighted by atomic mass is 9.97. The van der Waals surface area contributed by atoms with E-state index < -0.39 is 0 Å². The van der Waals surface area contributed by atoms with Crippen LogP contribution in [0.2, 0.25) is 0 Å². The molecule has 0 spiro atoms. The highest BCUT2D eigenvalue weighted by atomic mass is 14.8. The highest BCUT2D eigenvalue weighted by molar-refractivity contribution is 5.99. The lowest BCUT2D eigenvalue weighted by molar-refractivity contribution is 1.07. The molecule has 47 heavy (non-hydrogen) atoms. The number of rotatable bonds is 8. The van der Waals surface area contributed by atoms with Crippen molar-refractivity contribution in [1.82, 2.24) is 24.9 Å². The van der Waals surface area contributed by atoms with Crippen molar-refractivity contribution in [3.63, 3.8) is 0 Å². The molecule has 0 aliphatic carbocycles. The minimum absolute atomic E-state index is 0.936. The highest BCUT2D eigenvalue weighted by Crippen LogP contribution is 2.40. The van der Waals surface area contributed by atoms with E-state index in [-0.39, 0.29) is 0 Å². The molecule has 0 amide bonds. The first-order valence-corrected chi connectivity index (χ1v) is 18.2. The van der Waals surface area contributed by atoms with Crippen molar-refractivity contribution in [3.8, 4) is 0 Å². The fourth-order valence-corrected chi connectivity index (χ4v) is 8.34. The van der Waals surface area contributed by atoms with E-state index in [1.165, 1.54) is 83.3 Å². The molecule has 3 N–H and O–H groups in total. The lowest BCUT2D eigenvalue weighted by Gasteiger charge is -2.05. The number of nitrogens with zero attached hydrogens (tertiary/aromatic N) is 2. The summed E-state index contributed by atoms with van der Waals surface area (Å²) in [5.74, 6) is 0. The van der Waals surface area contributed by atoms with E-state index >= 15 is 0 Å². The van der Waals surface area contributed by atoms with Gasteiger partial charge in [0.15, 0.2) is 0 Å². The van der Waals surface area contributed by atoms with Gasteiger partial charge in [-0.3, -0.25) is 0 Å². The maximum Gasteiger partial charge on any atom is 0.0910 e. The van der Waals surface area contributed by atoms with Crippen LogP contribution in [-0.4, -0.2) is 24.9 Å². The Bertz CT molecular complexity index is 2140. The van der Waals surface area contributed by atoms with Gasteiger partial charge in [-0.1, -0.05) is 55.4 Å². The Hall–Kier alpha value is -4.12. The van der Waals surface area contributed by atoms with Gasteiger partial charge in [0.1, 0.15) is 0 Å². The maximum atomic E-state index is 5.45. The zero-order valence-electron chi connectivity index (χ0n) is 30.4. The average molecular weight is 628 g/mol. The summed E-state index contributed by atoms with van der Waals surface area (Å²) in [4.78, 5) is 22.4. The Labute approximate surface area is 280 Å². The molecule has 2 aliphatic rings. The molecule has 10 bridgehead atoms. The molecule has 4 aromatic heterocycles. The van der Waals surface area contributed by atoms with Crippen LogP contribution in [0.15, 0.2) is 24.3 Å². The highest BCUT2D eigenvalue weighted by Gasteiger charge is 2.24. The molecule has 0 atom stereocenters. The number of fused-ring (bicyclic) bond motifs is 11. The van der Waals surface area contributed by atoms with Crippen LogP contribution in [0.25, 0.3) is 55.4 Å². The molecule has 2 aliphatic heterocycles. The van der Waals surface area contributed by atoms with Crippen molar-refractivity contribution < 1.29 is 0 Å². The third-order valence-electron chi connectivity index (χ3n) is 10.8. The van der Waals surface area contributed by atoms with E-state index in [0.717, 1.165) is 79.7 Å². The topological polar surface area (TPSA) is 73.2 Å². The van der Waals surface area contributed by atoms with Crippen LogP contribution in [0.4, 0.5) is 0 Å². The van der Waals surface area contributed by atoms with Gasteiger partial charge in [-0.25, -0.2) is 9.97 Å². The SMILES string of the molecule is CCC1=C(C)c2cc3nc(c4[nH]c(cc5[nH]c(cc6[nH]c(cc1n2)c(CC)c6C)c(CC)c5CC)c(CC)c4CC)C(CC)=C3CC. The molecule has 4 aromatic rings. The van der Waals surface area contributed by atoms with Crippen molar-refractivity contribution in [2.75, 3.05) is 0 Å². The molecular weight excluding hydrogens is 574 g/mol. The summed E-state index contributed by atoms with van der Waals surface area (Å²) in [6.45, 7) is 22.6. The standard InChI is InChI=1S/C42H53N5/c1-11-25-23(9)33-19-37-27(13-3)28(14-4)38(45-37)22-40-30(16-6)32(18-8)42(47-40)41-31(17-7)29(15-5)39(46-41)20-34-24(10)26(12-2)36(44-34)21-35(25)43-33/h19-22,43,45,47H,11-18H2,1-10H3. The third-order valence-corrected chi connectivity index (χ3v) is 10.8. The fourth-order valence-electron chi connectivity index (χ4n) is 8.34. The van der Waals surface area contributed by atoms with Crippen molar-refractivity contribution >= 4 is 55.4 Å². The monoisotopic (exact) mass is 627 g/mol. The zero-order chi connectivity index (χ0) is 33.6. The predicted molar refractivity (Wildman–Crippen MR) is 203 cm³/mol. The summed E-state index contributed by atoms with van der Waals surface area (Å²) in [5, 5.41) is 0. The van der Waals surface area contributed by atoms with Crippen molar-refractivity contribution in [2.45, 2.75) is 121 Å². The smallest absolute Gasteiger partial charge is 0.0910 e. The maximum absolute atomic E-state index is 5.45. The van der Waals surface area contributed by atoms with Gasteiger partial charge < -0.3 is 15.0 Å². The zero-order valence-corrected chi connectivity index (χ0v) is 30.4. The second-order valence-corrected chi connectivity index (χ2v) is 13.0. The Balaban J connectivity index is 1.88. The summed E-state index contributed by atoms with van der Waals surface area (Å²) >= 11 is 0. The second-order valence-electron chi connectivity index (χ2n) is 13.0. The first-order valence-electron chi connectivity index (χ1n) is 18.2. The van der Waals surface area contributed by atoms with E-state index in [9.17, 15) is 0 Å². The first kappa shape index (κ1) is 32.8. The van der Waals surface area contributed by atoms with Gasteiger partial charge in [-0.05, 0) is 145 Å². The molecule has 6 heterocycles. The van der Waals surface area contributed by atoms with Gasteiger partial charge >= 0.3 is 0 Å². The summed E-state index contributed by atoms with van der Waals surface area (Å²) in [7, 11) is 0.